The van der Waals surface area contributed by atoms with Crippen LogP contribution < -0.4 is 21.0 Å². The lowest BCUT2D eigenvalue weighted by Crippen LogP contribution is -2.24. The normalized spacial score (nSPS) is 14.9. The lowest BCUT2D eigenvalue weighted by atomic mass is 10.1. The van der Waals surface area contributed by atoms with Crippen LogP contribution in [0.4, 0.5) is 0 Å². The van der Waals surface area contributed by atoms with Gasteiger partial charge in [-0.25, -0.2) is 4.99 Å². The van der Waals surface area contributed by atoms with Crippen LogP contribution in [0.15, 0.2) is 47.5 Å². The first-order valence-electron chi connectivity index (χ1n) is 5.84. The molecule has 1 nitrogen and oxygen atoms in total. The Kier molecular flexibility index (Phi) is 1.55. The second-order valence-electron chi connectivity index (χ2n) is 4.63. The van der Waals surface area contributed by atoms with Crippen molar-refractivity contribution in [2.75, 3.05) is 0 Å². The maximum atomic E-state index is 4.74. The van der Waals surface area contributed by atoms with Crippen LogP contribution in [0.5, 0.6) is 0 Å². The van der Waals surface area contributed by atoms with Crippen molar-refractivity contribution in [3.05, 3.63) is 69.0 Å². The van der Waals surface area contributed by atoms with Gasteiger partial charge in [-0.1, -0.05) is 35.9 Å². The van der Waals surface area contributed by atoms with Crippen molar-refractivity contribution in [2.24, 2.45) is 4.99 Å². The van der Waals surface area contributed by atoms with Crippen LogP contribution in [-0.4, -0.2) is 0 Å². The summed E-state index contributed by atoms with van der Waals surface area (Å²) in [6.07, 6.45) is 2.25. The Hall–Kier alpha value is -2.15. The van der Waals surface area contributed by atoms with E-state index in [0.29, 0.717) is 0 Å². The zero-order valence-electron chi connectivity index (χ0n) is 9.57. The highest BCUT2D eigenvalue weighted by atomic mass is 14.8. The number of fused-ring (bicyclic) bond motifs is 3. The van der Waals surface area contributed by atoms with Gasteiger partial charge in [-0.15, -0.1) is 0 Å². The van der Waals surface area contributed by atoms with E-state index >= 15 is 0 Å². The van der Waals surface area contributed by atoms with Gasteiger partial charge in [-0.05, 0) is 30.4 Å². The summed E-state index contributed by atoms with van der Waals surface area (Å²) in [4.78, 5) is 4.74. The predicted octanol–water partition coefficient (Wildman–Crippen LogP) is 0.381. The molecule has 0 saturated heterocycles. The maximum Gasteiger partial charge on any atom is 0.0794 e. The monoisotopic (exact) mass is 217 g/mol. The van der Waals surface area contributed by atoms with E-state index in [9.17, 15) is 0 Å². The molecule has 17 heavy (non-hydrogen) atoms. The van der Waals surface area contributed by atoms with Crippen LogP contribution in [0.25, 0.3) is 17.3 Å². The Morgan fingerprint density at radius 2 is 1.82 bits per heavy atom. The summed E-state index contributed by atoms with van der Waals surface area (Å²) >= 11 is 0. The Bertz CT molecular complexity index is 886. The largest absolute Gasteiger partial charge is 0.247 e. The molecule has 2 aromatic carbocycles. The average Bonchev–Trinajstić information content (AvgIpc) is 2.85. The minimum atomic E-state index is 1.10. The molecule has 4 rings (SSSR count). The summed E-state index contributed by atoms with van der Waals surface area (Å²) in [5.41, 5.74) is 3.71. The molecule has 2 aliphatic rings. The maximum absolute atomic E-state index is 4.74. The molecule has 0 saturated carbocycles. The van der Waals surface area contributed by atoms with Gasteiger partial charge in [0.1, 0.15) is 0 Å². The van der Waals surface area contributed by atoms with Gasteiger partial charge in [-0.2, -0.15) is 0 Å². The van der Waals surface area contributed by atoms with Crippen LogP contribution in [-0.2, 0) is 0 Å². The van der Waals surface area contributed by atoms with E-state index in [-0.39, 0.29) is 0 Å². The molecule has 2 aromatic rings. The van der Waals surface area contributed by atoms with Crippen molar-refractivity contribution in [1.29, 1.82) is 0 Å². The molecule has 1 aliphatic carbocycles. The van der Waals surface area contributed by atoms with Crippen molar-refractivity contribution in [3.8, 4) is 0 Å². The predicted molar refractivity (Wildman–Crippen MR) is 68.9 cm³/mol. The Labute approximate surface area is 98.8 Å². The second-order valence-corrected chi connectivity index (χ2v) is 4.63. The molecular formula is C16H11N. The van der Waals surface area contributed by atoms with Crippen molar-refractivity contribution in [1.82, 2.24) is 0 Å². The highest BCUT2D eigenvalue weighted by Crippen LogP contribution is 2.17. The zero-order valence-corrected chi connectivity index (χ0v) is 9.57. The molecule has 0 fully saturated rings. The summed E-state index contributed by atoms with van der Waals surface area (Å²) in [5.74, 6) is 0. The molecule has 0 bridgehead atoms. The molecule has 80 valence electrons. The number of nitrogens with zero attached hydrogens (tertiary/aromatic N) is 1. The van der Waals surface area contributed by atoms with Gasteiger partial charge in [0, 0.05) is 16.0 Å². The fraction of sp³-hybridized carbons (Fsp3) is 0.0625. The quantitative estimate of drug-likeness (QED) is 0.605. The lowest BCUT2D eigenvalue weighted by Gasteiger charge is -1.91. The van der Waals surface area contributed by atoms with E-state index in [0.717, 1.165) is 11.1 Å². The number of benzene rings is 2. The molecule has 1 heterocycles. The first-order valence-corrected chi connectivity index (χ1v) is 5.84. The van der Waals surface area contributed by atoms with Gasteiger partial charge in [0.15, 0.2) is 0 Å². The first-order chi connectivity index (χ1) is 8.33. The standard InChI is InChI=1S/C16H11N/c1-10-6-7-15-13(8-10)14-9-11-4-2-3-5-12(11)16(14)17-15/h2-9H,1H3. The van der Waals surface area contributed by atoms with E-state index in [4.69, 9.17) is 4.99 Å². The molecule has 0 atom stereocenters. The number of hydrogen-bond donors (Lipinski definition) is 0. The zero-order chi connectivity index (χ0) is 11.4. The van der Waals surface area contributed by atoms with E-state index < -0.39 is 0 Å². The van der Waals surface area contributed by atoms with Gasteiger partial charge < -0.3 is 0 Å². The highest BCUT2D eigenvalue weighted by Gasteiger charge is 2.15. The molecule has 0 spiro atoms. The van der Waals surface area contributed by atoms with Gasteiger partial charge in [0.2, 0.25) is 0 Å². The third-order valence-electron chi connectivity index (χ3n) is 3.45. The third kappa shape index (κ3) is 1.11. The third-order valence-corrected chi connectivity index (χ3v) is 3.45. The summed E-state index contributed by atoms with van der Waals surface area (Å²) in [7, 11) is 0. The SMILES string of the molecule is Cc1ccc2c(c1)=C1C=c3ccccc3=C1N=2. The number of rotatable bonds is 0. The van der Waals surface area contributed by atoms with Crippen LogP contribution in [0.1, 0.15) is 5.56 Å². The molecule has 1 heteroatoms. The Morgan fingerprint density at radius 1 is 0.941 bits per heavy atom. The summed E-state index contributed by atoms with van der Waals surface area (Å²) in [5, 5.41) is 4.92. The molecular weight excluding hydrogens is 206 g/mol. The van der Waals surface area contributed by atoms with E-state index in [1.54, 1.807) is 0 Å². The van der Waals surface area contributed by atoms with Crippen LogP contribution >= 0.6 is 0 Å². The average molecular weight is 217 g/mol. The van der Waals surface area contributed by atoms with Crippen molar-refractivity contribution >= 4 is 17.3 Å². The topological polar surface area (TPSA) is 12.4 Å². The lowest BCUT2D eigenvalue weighted by molar-refractivity contribution is 1.33. The van der Waals surface area contributed by atoms with Gasteiger partial charge >= 0.3 is 0 Å². The molecule has 0 radical (unpaired) electrons. The Balaban J connectivity index is 2.28. The first kappa shape index (κ1) is 8.94. The minimum Gasteiger partial charge on any atom is -0.247 e. The summed E-state index contributed by atoms with van der Waals surface area (Å²) in [6.45, 7) is 2.13. The minimum absolute atomic E-state index is 1.10. The fourth-order valence-corrected chi connectivity index (χ4v) is 2.62. The van der Waals surface area contributed by atoms with Crippen molar-refractivity contribution < 1.29 is 0 Å². The second kappa shape index (κ2) is 2.95. The van der Waals surface area contributed by atoms with Gasteiger partial charge in [-0.3, -0.25) is 0 Å². The van der Waals surface area contributed by atoms with Crippen molar-refractivity contribution in [2.45, 2.75) is 6.92 Å². The molecule has 0 unspecified atom stereocenters. The van der Waals surface area contributed by atoms with E-state index in [1.807, 2.05) is 0 Å². The van der Waals surface area contributed by atoms with Crippen LogP contribution in [0.3, 0.4) is 0 Å². The summed E-state index contributed by atoms with van der Waals surface area (Å²) in [6, 6.07) is 14.9. The van der Waals surface area contributed by atoms with Crippen LogP contribution in [0, 0.1) is 6.92 Å². The molecule has 0 amide bonds. The van der Waals surface area contributed by atoms with Gasteiger partial charge in [0.25, 0.3) is 0 Å². The van der Waals surface area contributed by atoms with Crippen molar-refractivity contribution in [3.63, 3.8) is 0 Å². The Morgan fingerprint density at radius 3 is 2.76 bits per heavy atom. The highest BCUT2D eigenvalue weighted by molar-refractivity contribution is 6.07. The van der Waals surface area contributed by atoms with E-state index in [2.05, 4.69) is 55.5 Å². The van der Waals surface area contributed by atoms with E-state index in [1.165, 1.54) is 26.8 Å². The number of aryl methyl sites for hydroxylation is 1. The van der Waals surface area contributed by atoms with Crippen LogP contribution in [0.2, 0.25) is 0 Å². The smallest absolute Gasteiger partial charge is 0.0794 e. The number of hydrogen-bond acceptors (Lipinski definition) is 1. The molecule has 0 N–H and O–H groups in total. The molecule has 1 aliphatic heterocycles. The molecule has 0 aromatic heterocycles. The summed E-state index contributed by atoms with van der Waals surface area (Å²) < 4.78 is 0. The fourth-order valence-electron chi connectivity index (χ4n) is 2.62. The van der Waals surface area contributed by atoms with Gasteiger partial charge in [0.05, 0.1) is 11.1 Å².